The van der Waals surface area contributed by atoms with Crippen molar-refractivity contribution in [3.8, 4) is 0 Å². The van der Waals surface area contributed by atoms with Gasteiger partial charge in [0.2, 0.25) is 0 Å². The number of aliphatic hydroxyl groups excluding tert-OH is 1. The standard InChI is InChI=1S/C70H136O17P2/c1-6-9-12-15-18-20-22-24-26-28-30-32-34-39-44-49-54-68(73)81-60-66(86-69(74)55-50-45-40-35-33-31-29-27-25-23-21-19-16-13-10-7-2)62-85-89(78,79)83-58-64(71)57-82-88(76,77)84-61-65(59-80-67(72)53-48-43-37-17-14-11-8-3)87-70(75)56-51-46-41-36-38-42-47-52-63(4)5/h63-66,71H,6-62H2,1-5H3,(H,76,77)(H,78,79)/t64-,65+,66+/m0/s1. The lowest BCUT2D eigenvalue weighted by Gasteiger charge is -2.21. The molecule has 0 amide bonds. The van der Waals surface area contributed by atoms with Crippen LogP contribution >= 0.6 is 15.6 Å². The average Bonchev–Trinajstić information content (AvgIpc) is 3.66. The quantitative estimate of drug-likeness (QED) is 0.0222. The van der Waals surface area contributed by atoms with Gasteiger partial charge in [0.25, 0.3) is 0 Å². The van der Waals surface area contributed by atoms with Crippen LogP contribution in [0.15, 0.2) is 0 Å². The van der Waals surface area contributed by atoms with E-state index in [0.717, 1.165) is 103 Å². The minimum Gasteiger partial charge on any atom is -0.462 e. The SMILES string of the molecule is CCCCCCCCCCCCCCCCCCC(=O)OC[C@H](COP(=O)(O)OC[C@@H](O)COP(=O)(O)OC[C@@H](COC(=O)CCCCCCCCC)OC(=O)CCCCCCCCCC(C)C)OC(=O)CCCCCCCCCCCCCCCCCC. The van der Waals surface area contributed by atoms with Crippen LogP contribution in [-0.2, 0) is 65.4 Å². The molecule has 0 aliphatic heterocycles. The molecule has 0 fully saturated rings. The Bertz CT molecular complexity index is 1720. The van der Waals surface area contributed by atoms with E-state index in [1.807, 2.05) is 0 Å². The summed E-state index contributed by atoms with van der Waals surface area (Å²) in [7, 11) is -9.89. The molecule has 0 aromatic rings. The van der Waals surface area contributed by atoms with Crippen molar-refractivity contribution < 1.29 is 80.2 Å². The highest BCUT2D eigenvalue weighted by Crippen LogP contribution is 2.45. The number of phosphoric acid groups is 2. The molecule has 89 heavy (non-hydrogen) atoms. The second kappa shape index (κ2) is 63.5. The van der Waals surface area contributed by atoms with Crippen LogP contribution in [0.2, 0.25) is 0 Å². The van der Waals surface area contributed by atoms with E-state index in [4.69, 9.17) is 37.0 Å². The van der Waals surface area contributed by atoms with Crippen molar-refractivity contribution in [1.29, 1.82) is 0 Å². The molecular formula is C70H136O17P2. The molecule has 0 heterocycles. The molecule has 0 saturated heterocycles. The number of hydrogen-bond acceptors (Lipinski definition) is 15. The van der Waals surface area contributed by atoms with Crippen LogP contribution in [-0.4, -0.2) is 96.7 Å². The first-order chi connectivity index (χ1) is 43.0. The molecule has 2 unspecified atom stereocenters. The Kier molecular flexibility index (Phi) is 62.1. The minimum absolute atomic E-state index is 0.103. The Hall–Kier alpha value is -1.94. The van der Waals surface area contributed by atoms with Gasteiger partial charge in [0.05, 0.1) is 26.4 Å². The minimum atomic E-state index is -4.95. The van der Waals surface area contributed by atoms with Gasteiger partial charge in [0.1, 0.15) is 19.3 Å². The zero-order valence-corrected chi connectivity index (χ0v) is 59.4. The molecule has 5 atom stereocenters. The highest BCUT2D eigenvalue weighted by atomic mass is 31.2. The van der Waals surface area contributed by atoms with E-state index >= 15 is 0 Å². The third-order valence-corrected chi connectivity index (χ3v) is 18.2. The summed E-state index contributed by atoms with van der Waals surface area (Å²) in [5.41, 5.74) is 0. The largest absolute Gasteiger partial charge is 0.472 e. The van der Waals surface area contributed by atoms with Crippen LogP contribution in [0.25, 0.3) is 0 Å². The van der Waals surface area contributed by atoms with Gasteiger partial charge in [-0.05, 0) is 31.6 Å². The van der Waals surface area contributed by atoms with Gasteiger partial charge < -0.3 is 33.8 Å². The topological polar surface area (TPSA) is 237 Å². The molecule has 0 aliphatic carbocycles. The summed E-state index contributed by atoms with van der Waals surface area (Å²) < 4.78 is 68.2. The first-order valence-electron chi connectivity index (χ1n) is 36.6. The molecule has 19 heteroatoms. The van der Waals surface area contributed by atoms with Crippen LogP contribution in [0.1, 0.15) is 362 Å². The van der Waals surface area contributed by atoms with Crippen molar-refractivity contribution in [2.45, 2.75) is 380 Å². The molecule has 0 aromatic heterocycles. The second-order valence-electron chi connectivity index (χ2n) is 25.7. The van der Waals surface area contributed by atoms with Crippen molar-refractivity contribution in [3.05, 3.63) is 0 Å². The Morgan fingerprint density at radius 2 is 0.517 bits per heavy atom. The third-order valence-electron chi connectivity index (χ3n) is 16.3. The first-order valence-corrected chi connectivity index (χ1v) is 39.6. The maximum absolute atomic E-state index is 13.0. The second-order valence-corrected chi connectivity index (χ2v) is 28.7. The van der Waals surface area contributed by atoms with Crippen LogP contribution in [0.3, 0.4) is 0 Å². The van der Waals surface area contributed by atoms with Crippen molar-refractivity contribution in [1.82, 2.24) is 0 Å². The summed E-state index contributed by atoms with van der Waals surface area (Å²) in [6, 6.07) is 0. The van der Waals surface area contributed by atoms with E-state index in [2.05, 4.69) is 34.6 Å². The molecule has 0 radical (unpaired) electrons. The highest BCUT2D eigenvalue weighted by Gasteiger charge is 2.30. The molecule has 0 spiro atoms. The fraction of sp³-hybridized carbons (Fsp3) is 0.943. The average molecular weight is 1310 g/mol. The van der Waals surface area contributed by atoms with Gasteiger partial charge >= 0.3 is 39.5 Å². The summed E-state index contributed by atoms with van der Waals surface area (Å²) in [5.74, 6) is -1.43. The van der Waals surface area contributed by atoms with Gasteiger partial charge in [0.15, 0.2) is 12.2 Å². The fourth-order valence-corrected chi connectivity index (χ4v) is 12.2. The first kappa shape index (κ1) is 87.1. The fourth-order valence-electron chi connectivity index (χ4n) is 10.6. The van der Waals surface area contributed by atoms with Gasteiger partial charge in [-0.1, -0.05) is 311 Å². The molecule has 0 saturated carbocycles. The van der Waals surface area contributed by atoms with Gasteiger partial charge in [-0.25, -0.2) is 9.13 Å². The molecule has 0 aliphatic rings. The molecule has 0 rings (SSSR count). The van der Waals surface area contributed by atoms with Crippen molar-refractivity contribution in [2.24, 2.45) is 5.92 Å². The highest BCUT2D eigenvalue weighted by molar-refractivity contribution is 7.47. The van der Waals surface area contributed by atoms with Crippen molar-refractivity contribution in [3.63, 3.8) is 0 Å². The number of carbonyl (C=O) groups is 4. The maximum Gasteiger partial charge on any atom is 0.472 e. The Morgan fingerprint density at radius 3 is 0.764 bits per heavy atom. The van der Waals surface area contributed by atoms with Crippen molar-refractivity contribution in [2.75, 3.05) is 39.6 Å². The summed E-state index contributed by atoms with van der Waals surface area (Å²) in [6.07, 6.45) is 50.2. The summed E-state index contributed by atoms with van der Waals surface area (Å²) in [6.45, 7) is 7.15. The van der Waals surface area contributed by atoms with Crippen LogP contribution in [0.5, 0.6) is 0 Å². The smallest absolute Gasteiger partial charge is 0.462 e. The monoisotopic (exact) mass is 1310 g/mol. The van der Waals surface area contributed by atoms with Gasteiger partial charge in [-0.3, -0.25) is 37.3 Å². The summed E-state index contributed by atoms with van der Waals surface area (Å²) in [4.78, 5) is 72.4. The lowest BCUT2D eigenvalue weighted by atomic mass is 10.0. The Morgan fingerprint density at radius 1 is 0.303 bits per heavy atom. The Balaban J connectivity index is 5.19. The number of carbonyl (C=O) groups excluding carboxylic acids is 4. The molecule has 3 N–H and O–H groups in total. The van der Waals surface area contributed by atoms with E-state index in [1.165, 1.54) is 173 Å². The summed E-state index contributed by atoms with van der Waals surface area (Å²) >= 11 is 0. The lowest BCUT2D eigenvalue weighted by Crippen LogP contribution is -2.30. The number of phosphoric ester groups is 2. The molecule has 528 valence electrons. The van der Waals surface area contributed by atoms with E-state index in [-0.39, 0.29) is 25.7 Å². The van der Waals surface area contributed by atoms with E-state index in [1.54, 1.807) is 0 Å². The van der Waals surface area contributed by atoms with E-state index in [0.29, 0.717) is 31.6 Å². The number of ether oxygens (including phenoxy) is 4. The number of hydrogen-bond donors (Lipinski definition) is 3. The lowest BCUT2D eigenvalue weighted by molar-refractivity contribution is -0.161. The molecular weight excluding hydrogens is 1170 g/mol. The molecule has 0 bridgehead atoms. The third kappa shape index (κ3) is 64.6. The number of rotatable bonds is 70. The maximum atomic E-state index is 13.0. The number of aliphatic hydroxyl groups is 1. The van der Waals surface area contributed by atoms with Crippen LogP contribution in [0.4, 0.5) is 0 Å². The number of unbranched alkanes of at least 4 members (excludes halogenated alkanes) is 42. The Labute approximate surface area is 543 Å². The zero-order valence-electron chi connectivity index (χ0n) is 57.6. The zero-order chi connectivity index (χ0) is 65.6. The van der Waals surface area contributed by atoms with Gasteiger partial charge in [-0.2, -0.15) is 0 Å². The number of esters is 4. The van der Waals surface area contributed by atoms with Gasteiger partial charge in [0, 0.05) is 25.7 Å². The predicted octanol–water partition coefficient (Wildman–Crippen LogP) is 20.1. The van der Waals surface area contributed by atoms with Gasteiger partial charge in [-0.15, -0.1) is 0 Å². The van der Waals surface area contributed by atoms with Crippen molar-refractivity contribution >= 4 is 39.5 Å². The molecule has 17 nitrogen and oxygen atoms in total. The normalized spacial score (nSPS) is 14.1. The van der Waals surface area contributed by atoms with E-state index in [9.17, 15) is 43.2 Å². The van der Waals surface area contributed by atoms with E-state index < -0.39 is 97.5 Å². The predicted molar refractivity (Wildman–Crippen MR) is 358 cm³/mol. The van der Waals surface area contributed by atoms with Crippen LogP contribution in [0, 0.1) is 5.92 Å². The van der Waals surface area contributed by atoms with Crippen LogP contribution < -0.4 is 0 Å². The summed E-state index contributed by atoms with van der Waals surface area (Å²) in [5, 5.41) is 10.6. The molecule has 0 aromatic carbocycles.